The number of halogens is 6. The summed E-state index contributed by atoms with van der Waals surface area (Å²) in [5.41, 5.74) is -0.543. The number of carbonyl (C=O) groups is 1. The van der Waals surface area contributed by atoms with E-state index in [2.05, 4.69) is 0 Å². The van der Waals surface area contributed by atoms with E-state index in [1.807, 2.05) is 0 Å². The summed E-state index contributed by atoms with van der Waals surface area (Å²) in [6, 6.07) is 0. The smallest absolute Gasteiger partial charge is 0.255 e. The van der Waals surface area contributed by atoms with Crippen LogP contribution >= 0.6 is 46.4 Å². The van der Waals surface area contributed by atoms with E-state index in [4.69, 9.17) is 46.4 Å². The van der Waals surface area contributed by atoms with E-state index in [0.29, 0.717) is 0 Å². The Labute approximate surface area is 97.5 Å². The molecule has 0 aromatic heterocycles. The first-order valence-corrected chi connectivity index (χ1v) is 4.60. The Hall–Kier alpha value is -0.0900. The fourth-order valence-corrected chi connectivity index (χ4v) is 1.82. The molecule has 0 fully saturated rings. The predicted octanol–water partition coefficient (Wildman–Crippen LogP) is 4.30. The van der Waals surface area contributed by atoms with Crippen LogP contribution in [0, 0.1) is 11.6 Å². The van der Waals surface area contributed by atoms with Gasteiger partial charge in [-0.25, -0.2) is 8.78 Å². The number of benzene rings is 1. The van der Waals surface area contributed by atoms with E-state index < -0.39 is 37.5 Å². The minimum absolute atomic E-state index is 0.504. The second-order valence-electron chi connectivity index (χ2n) is 2.22. The molecule has 0 N–H and O–H groups in total. The Kier molecular flexibility index (Phi) is 3.58. The van der Waals surface area contributed by atoms with Crippen molar-refractivity contribution in [1.82, 2.24) is 0 Å². The van der Waals surface area contributed by atoms with Gasteiger partial charge in [-0.05, 0) is 11.6 Å². The minimum Gasteiger partial charge on any atom is -0.275 e. The molecular weight excluding hydrogens is 280 g/mol. The zero-order chi connectivity index (χ0) is 11.0. The fraction of sp³-hybridized carbons (Fsp3) is 0. The summed E-state index contributed by atoms with van der Waals surface area (Å²) >= 11 is 21.1. The van der Waals surface area contributed by atoms with Crippen LogP contribution in [-0.2, 0) is 0 Å². The number of carbonyl (C=O) groups excluding carboxylic acids is 1. The van der Waals surface area contributed by atoms with E-state index in [-0.39, 0.29) is 0 Å². The van der Waals surface area contributed by atoms with Crippen molar-refractivity contribution in [2.24, 2.45) is 0 Å². The molecule has 7 heteroatoms. The van der Waals surface area contributed by atoms with Gasteiger partial charge in [-0.2, -0.15) is 0 Å². The fourth-order valence-electron chi connectivity index (χ4n) is 0.777. The number of hydrogen-bond donors (Lipinski definition) is 0. The predicted molar refractivity (Wildman–Crippen MR) is 51.6 cm³/mol. The van der Waals surface area contributed by atoms with Gasteiger partial charge in [0.05, 0.1) is 20.6 Å². The molecule has 0 saturated heterocycles. The van der Waals surface area contributed by atoms with E-state index >= 15 is 0 Å². The lowest BCUT2D eigenvalue weighted by Gasteiger charge is -2.06. The average Bonchev–Trinajstić information content (AvgIpc) is 2.11. The summed E-state index contributed by atoms with van der Waals surface area (Å²) in [7, 11) is 0. The Morgan fingerprint density at radius 1 is 0.929 bits per heavy atom. The van der Waals surface area contributed by atoms with Crippen LogP contribution in [-0.4, -0.2) is 5.24 Å². The standard InChI is InChI=1S/C7Cl4F2O/c8-2-1(7(11)14)3(9)5(12)6(13)4(2)10. The first kappa shape index (κ1) is 12.0. The highest BCUT2D eigenvalue weighted by Gasteiger charge is 2.24. The molecule has 1 aromatic carbocycles. The highest BCUT2D eigenvalue weighted by molar-refractivity contribution is 6.70. The molecule has 1 nitrogen and oxygen atoms in total. The van der Waals surface area contributed by atoms with Crippen LogP contribution in [0.3, 0.4) is 0 Å². The monoisotopic (exact) mass is 278 g/mol. The molecule has 0 aliphatic rings. The minimum atomic E-state index is -1.45. The largest absolute Gasteiger partial charge is 0.275 e. The molecule has 0 amide bonds. The van der Waals surface area contributed by atoms with Crippen molar-refractivity contribution in [2.75, 3.05) is 0 Å². The summed E-state index contributed by atoms with van der Waals surface area (Å²) < 4.78 is 25.8. The second kappa shape index (κ2) is 4.19. The van der Waals surface area contributed by atoms with Gasteiger partial charge >= 0.3 is 0 Å². The van der Waals surface area contributed by atoms with Crippen molar-refractivity contribution in [1.29, 1.82) is 0 Å². The molecule has 0 unspecified atom stereocenters. The first-order chi connectivity index (χ1) is 6.37. The molecular formula is C7Cl4F2O. The van der Waals surface area contributed by atoms with Crippen LogP contribution in [0.25, 0.3) is 0 Å². The van der Waals surface area contributed by atoms with Crippen LogP contribution in [0.4, 0.5) is 8.78 Å². The molecule has 0 atom stereocenters. The molecule has 0 aliphatic heterocycles. The third kappa shape index (κ3) is 1.82. The van der Waals surface area contributed by atoms with Gasteiger partial charge in [-0.15, -0.1) is 0 Å². The Morgan fingerprint density at radius 3 is 1.79 bits per heavy atom. The van der Waals surface area contributed by atoms with Gasteiger partial charge in [-0.3, -0.25) is 4.79 Å². The topological polar surface area (TPSA) is 17.1 Å². The summed E-state index contributed by atoms with van der Waals surface area (Å²) in [5.74, 6) is -2.87. The van der Waals surface area contributed by atoms with Crippen molar-refractivity contribution >= 4 is 51.6 Å². The quantitative estimate of drug-likeness (QED) is 0.425. The van der Waals surface area contributed by atoms with Crippen molar-refractivity contribution in [3.63, 3.8) is 0 Å². The van der Waals surface area contributed by atoms with Crippen LogP contribution in [0.2, 0.25) is 15.1 Å². The maximum Gasteiger partial charge on any atom is 0.255 e. The summed E-state index contributed by atoms with van der Waals surface area (Å²) in [6.45, 7) is 0. The van der Waals surface area contributed by atoms with Crippen LogP contribution in [0.15, 0.2) is 0 Å². The molecule has 76 valence electrons. The first-order valence-electron chi connectivity index (χ1n) is 3.09. The van der Waals surface area contributed by atoms with Gasteiger partial charge in [0.1, 0.15) is 0 Å². The number of rotatable bonds is 1. The van der Waals surface area contributed by atoms with Gasteiger partial charge in [0.25, 0.3) is 5.24 Å². The SMILES string of the molecule is O=C(Cl)c1c(Cl)c(F)c(F)c(Cl)c1Cl. The van der Waals surface area contributed by atoms with Crippen molar-refractivity contribution in [2.45, 2.75) is 0 Å². The second-order valence-corrected chi connectivity index (χ2v) is 3.70. The van der Waals surface area contributed by atoms with E-state index in [1.54, 1.807) is 0 Å². The van der Waals surface area contributed by atoms with Crippen LogP contribution < -0.4 is 0 Å². The lowest BCUT2D eigenvalue weighted by atomic mass is 10.2. The van der Waals surface area contributed by atoms with Gasteiger partial charge < -0.3 is 0 Å². The molecule has 0 spiro atoms. The van der Waals surface area contributed by atoms with E-state index in [1.165, 1.54) is 0 Å². The molecule has 1 rings (SSSR count). The highest BCUT2D eigenvalue weighted by Crippen LogP contribution is 2.37. The Bertz CT molecular complexity index is 390. The van der Waals surface area contributed by atoms with E-state index in [9.17, 15) is 13.6 Å². The maximum atomic E-state index is 12.9. The van der Waals surface area contributed by atoms with Gasteiger partial charge in [0.15, 0.2) is 11.6 Å². The molecule has 0 heterocycles. The lowest BCUT2D eigenvalue weighted by Crippen LogP contribution is -1.99. The maximum absolute atomic E-state index is 12.9. The molecule has 14 heavy (non-hydrogen) atoms. The molecule has 0 saturated carbocycles. The number of hydrogen-bond acceptors (Lipinski definition) is 1. The third-order valence-corrected chi connectivity index (χ3v) is 2.78. The van der Waals surface area contributed by atoms with E-state index in [0.717, 1.165) is 0 Å². The third-order valence-electron chi connectivity index (χ3n) is 1.41. The van der Waals surface area contributed by atoms with Crippen molar-refractivity contribution < 1.29 is 13.6 Å². The van der Waals surface area contributed by atoms with Gasteiger partial charge in [-0.1, -0.05) is 34.8 Å². The zero-order valence-corrected chi connectivity index (χ0v) is 9.20. The molecule has 0 bridgehead atoms. The zero-order valence-electron chi connectivity index (χ0n) is 6.18. The summed E-state index contributed by atoms with van der Waals surface area (Å²) in [4.78, 5) is 10.8. The van der Waals surface area contributed by atoms with Crippen LogP contribution in [0.5, 0.6) is 0 Å². The summed E-state index contributed by atoms with van der Waals surface area (Å²) in [6.07, 6.45) is 0. The molecule has 1 aromatic rings. The Balaban J connectivity index is 3.68. The Morgan fingerprint density at radius 2 is 1.36 bits per heavy atom. The van der Waals surface area contributed by atoms with Crippen molar-refractivity contribution in [3.8, 4) is 0 Å². The highest BCUT2D eigenvalue weighted by atomic mass is 35.5. The average molecular weight is 280 g/mol. The summed E-state index contributed by atoms with van der Waals surface area (Å²) in [5, 5.41) is -3.12. The normalized spacial score (nSPS) is 10.4. The molecule has 0 radical (unpaired) electrons. The van der Waals surface area contributed by atoms with Gasteiger partial charge in [0, 0.05) is 0 Å². The molecule has 0 aliphatic carbocycles. The van der Waals surface area contributed by atoms with Crippen LogP contribution in [0.1, 0.15) is 10.4 Å². The van der Waals surface area contributed by atoms with Crippen molar-refractivity contribution in [3.05, 3.63) is 32.3 Å². The van der Waals surface area contributed by atoms with Gasteiger partial charge in [0.2, 0.25) is 0 Å². The lowest BCUT2D eigenvalue weighted by molar-refractivity contribution is 0.108.